The van der Waals surface area contributed by atoms with Gasteiger partial charge in [-0.3, -0.25) is 4.79 Å². The van der Waals surface area contributed by atoms with Crippen molar-refractivity contribution in [1.29, 1.82) is 0 Å². The molecule has 1 N–H and O–H groups in total. The number of aromatic nitrogens is 3. The van der Waals surface area contributed by atoms with E-state index in [4.69, 9.17) is 4.74 Å². The molecule has 1 aliphatic rings. The van der Waals surface area contributed by atoms with Crippen LogP contribution in [0.15, 0.2) is 6.20 Å². The molecule has 2 unspecified atom stereocenters. The first-order chi connectivity index (χ1) is 7.24. The molecular weight excluding hydrogens is 196 g/mol. The minimum atomic E-state index is -0.132. The van der Waals surface area contributed by atoms with Gasteiger partial charge in [0.1, 0.15) is 5.69 Å². The summed E-state index contributed by atoms with van der Waals surface area (Å²) in [6.07, 6.45) is 1.49. The van der Waals surface area contributed by atoms with E-state index in [1.54, 1.807) is 7.05 Å². The van der Waals surface area contributed by atoms with Gasteiger partial charge in [-0.05, 0) is 7.05 Å². The molecule has 0 amide bonds. The first kappa shape index (κ1) is 10.3. The highest BCUT2D eigenvalue weighted by molar-refractivity contribution is 5.96. The van der Waals surface area contributed by atoms with E-state index in [1.165, 1.54) is 10.9 Å². The Morgan fingerprint density at radius 1 is 1.67 bits per heavy atom. The summed E-state index contributed by atoms with van der Waals surface area (Å²) in [7, 11) is 3.55. The zero-order chi connectivity index (χ0) is 10.8. The summed E-state index contributed by atoms with van der Waals surface area (Å²) in [5.41, 5.74) is 0.533. The highest BCUT2D eigenvalue weighted by atomic mass is 16.5. The van der Waals surface area contributed by atoms with Gasteiger partial charge in [-0.15, -0.1) is 5.10 Å². The molecule has 82 valence electrons. The Hall–Kier alpha value is -1.27. The van der Waals surface area contributed by atoms with E-state index in [0.29, 0.717) is 18.9 Å². The summed E-state index contributed by atoms with van der Waals surface area (Å²) in [5.74, 6) is -0.0912. The molecule has 2 rings (SSSR count). The van der Waals surface area contributed by atoms with Crippen molar-refractivity contribution in [3.05, 3.63) is 11.9 Å². The number of carbonyl (C=O) groups excluding carboxylic acids is 1. The van der Waals surface area contributed by atoms with Gasteiger partial charge in [-0.1, -0.05) is 5.21 Å². The van der Waals surface area contributed by atoms with Crippen molar-refractivity contribution in [2.45, 2.75) is 6.04 Å². The van der Waals surface area contributed by atoms with E-state index < -0.39 is 0 Å². The highest BCUT2D eigenvalue weighted by Crippen LogP contribution is 2.18. The van der Waals surface area contributed by atoms with Crippen LogP contribution in [0.4, 0.5) is 0 Å². The fourth-order valence-corrected chi connectivity index (χ4v) is 1.80. The lowest BCUT2D eigenvalue weighted by Gasteiger charge is -2.14. The number of nitrogens with one attached hydrogen (secondary N) is 1. The molecule has 2 atom stereocenters. The number of ketones is 1. The van der Waals surface area contributed by atoms with Crippen LogP contribution in [0.3, 0.4) is 0 Å². The summed E-state index contributed by atoms with van der Waals surface area (Å²) < 4.78 is 6.78. The largest absolute Gasteiger partial charge is 0.379 e. The Bertz CT molecular complexity index is 363. The van der Waals surface area contributed by atoms with Gasteiger partial charge in [0.15, 0.2) is 5.78 Å². The first-order valence-electron chi connectivity index (χ1n) is 4.88. The van der Waals surface area contributed by atoms with Crippen LogP contribution in [0.1, 0.15) is 10.5 Å². The van der Waals surface area contributed by atoms with Crippen LogP contribution in [0, 0.1) is 5.92 Å². The van der Waals surface area contributed by atoms with Crippen molar-refractivity contribution < 1.29 is 9.53 Å². The lowest BCUT2D eigenvalue weighted by atomic mass is 9.97. The summed E-state index contributed by atoms with van der Waals surface area (Å²) in [6.45, 7) is 1.05. The zero-order valence-electron chi connectivity index (χ0n) is 8.80. The van der Waals surface area contributed by atoms with Crippen LogP contribution in [0.25, 0.3) is 0 Å². The lowest BCUT2D eigenvalue weighted by molar-refractivity contribution is 0.0882. The van der Waals surface area contributed by atoms with E-state index in [1.807, 2.05) is 7.05 Å². The van der Waals surface area contributed by atoms with Crippen molar-refractivity contribution in [3.63, 3.8) is 0 Å². The first-order valence-corrected chi connectivity index (χ1v) is 4.88. The molecule has 15 heavy (non-hydrogen) atoms. The lowest BCUT2D eigenvalue weighted by Crippen LogP contribution is -2.37. The molecule has 2 heterocycles. The minimum Gasteiger partial charge on any atom is -0.379 e. The molecule has 1 aromatic rings. The standard InChI is InChI=1S/C9H14N4O2/c1-10-7-5-15-4-6(7)9(14)8-3-11-12-13(8)2/h3,6-7,10H,4-5H2,1-2H3. The summed E-state index contributed by atoms with van der Waals surface area (Å²) >= 11 is 0. The molecular formula is C9H14N4O2. The second-order valence-corrected chi connectivity index (χ2v) is 3.65. The van der Waals surface area contributed by atoms with Crippen LogP contribution in [0.2, 0.25) is 0 Å². The average Bonchev–Trinajstić information content (AvgIpc) is 2.84. The number of nitrogens with zero attached hydrogens (tertiary/aromatic N) is 3. The van der Waals surface area contributed by atoms with Crippen molar-refractivity contribution >= 4 is 5.78 Å². The molecule has 1 saturated heterocycles. The van der Waals surface area contributed by atoms with Crippen molar-refractivity contribution in [2.24, 2.45) is 13.0 Å². The number of aryl methyl sites for hydroxylation is 1. The number of hydrogen-bond acceptors (Lipinski definition) is 5. The molecule has 0 saturated carbocycles. The van der Waals surface area contributed by atoms with Crippen LogP contribution in [-0.4, -0.2) is 47.1 Å². The van der Waals surface area contributed by atoms with Gasteiger partial charge in [-0.2, -0.15) is 0 Å². The Balaban J connectivity index is 2.18. The smallest absolute Gasteiger partial charge is 0.189 e. The second-order valence-electron chi connectivity index (χ2n) is 3.65. The maximum absolute atomic E-state index is 12.1. The van der Waals surface area contributed by atoms with Crippen LogP contribution in [0.5, 0.6) is 0 Å². The second kappa shape index (κ2) is 4.08. The number of Topliss-reactive ketones (excluding diaryl/α,β-unsaturated/α-hetero) is 1. The third kappa shape index (κ3) is 1.78. The molecule has 6 heteroatoms. The predicted molar refractivity (Wildman–Crippen MR) is 52.5 cm³/mol. The van der Waals surface area contributed by atoms with E-state index in [-0.39, 0.29) is 17.7 Å². The SMILES string of the molecule is CNC1COCC1C(=O)c1cnnn1C. The molecule has 0 radical (unpaired) electrons. The van der Waals surface area contributed by atoms with Gasteiger partial charge in [0, 0.05) is 13.1 Å². The Morgan fingerprint density at radius 2 is 2.47 bits per heavy atom. The third-order valence-electron chi connectivity index (χ3n) is 2.75. The normalized spacial score (nSPS) is 25.7. The molecule has 1 aliphatic heterocycles. The molecule has 1 aromatic heterocycles. The summed E-state index contributed by atoms with van der Waals surface area (Å²) in [5, 5.41) is 10.5. The molecule has 0 aromatic carbocycles. The van der Waals surface area contributed by atoms with Gasteiger partial charge >= 0.3 is 0 Å². The average molecular weight is 210 g/mol. The van der Waals surface area contributed by atoms with Crippen molar-refractivity contribution in [3.8, 4) is 0 Å². The van der Waals surface area contributed by atoms with E-state index >= 15 is 0 Å². The maximum Gasteiger partial charge on any atom is 0.189 e. The molecule has 6 nitrogen and oxygen atoms in total. The van der Waals surface area contributed by atoms with Crippen LogP contribution in [-0.2, 0) is 11.8 Å². The van der Waals surface area contributed by atoms with E-state index in [2.05, 4.69) is 15.6 Å². The van der Waals surface area contributed by atoms with E-state index in [9.17, 15) is 4.79 Å². The van der Waals surface area contributed by atoms with Crippen molar-refractivity contribution in [2.75, 3.05) is 20.3 Å². The van der Waals surface area contributed by atoms with Crippen LogP contribution < -0.4 is 5.32 Å². The van der Waals surface area contributed by atoms with Gasteiger partial charge in [0.05, 0.1) is 25.3 Å². The van der Waals surface area contributed by atoms with E-state index in [0.717, 1.165) is 0 Å². The quantitative estimate of drug-likeness (QED) is 0.664. The number of hydrogen-bond donors (Lipinski definition) is 1. The number of likely N-dealkylation sites (N-methyl/N-ethyl adjacent to an activating group) is 1. The third-order valence-corrected chi connectivity index (χ3v) is 2.75. The molecule has 0 spiro atoms. The molecule has 0 aliphatic carbocycles. The Kier molecular flexibility index (Phi) is 2.79. The number of rotatable bonds is 3. The Morgan fingerprint density at radius 3 is 3.07 bits per heavy atom. The maximum atomic E-state index is 12.1. The topological polar surface area (TPSA) is 69.0 Å². The zero-order valence-corrected chi connectivity index (χ0v) is 8.80. The number of carbonyl (C=O) groups is 1. The summed E-state index contributed by atoms with van der Waals surface area (Å²) in [6, 6.07) is 0.0902. The van der Waals surface area contributed by atoms with Gasteiger partial charge in [0.2, 0.25) is 0 Å². The monoisotopic (exact) mass is 210 g/mol. The number of ether oxygens (including phenoxy) is 1. The van der Waals surface area contributed by atoms with Gasteiger partial charge in [0.25, 0.3) is 0 Å². The van der Waals surface area contributed by atoms with Gasteiger partial charge in [-0.25, -0.2) is 4.68 Å². The fourth-order valence-electron chi connectivity index (χ4n) is 1.80. The predicted octanol–water partition coefficient (Wildman–Crippen LogP) is -0.768. The van der Waals surface area contributed by atoms with Crippen LogP contribution >= 0.6 is 0 Å². The molecule has 1 fully saturated rings. The molecule has 0 bridgehead atoms. The summed E-state index contributed by atoms with van der Waals surface area (Å²) in [4.78, 5) is 12.1. The van der Waals surface area contributed by atoms with Gasteiger partial charge < -0.3 is 10.1 Å². The minimum absolute atomic E-state index is 0.0411. The van der Waals surface area contributed by atoms with Crippen molar-refractivity contribution in [1.82, 2.24) is 20.3 Å². The highest BCUT2D eigenvalue weighted by Gasteiger charge is 2.34. The Labute approximate surface area is 87.6 Å². The fraction of sp³-hybridized carbons (Fsp3) is 0.667.